The van der Waals surface area contributed by atoms with Crippen molar-refractivity contribution >= 4 is 34.7 Å². The van der Waals surface area contributed by atoms with Gasteiger partial charge in [-0.1, -0.05) is 30.3 Å². The molecule has 0 radical (unpaired) electrons. The fourth-order valence-electron chi connectivity index (χ4n) is 2.78. The van der Waals surface area contributed by atoms with Gasteiger partial charge in [0.15, 0.2) is 0 Å². The Balaban J connectivity index is 0.000000343. The Hall–Kier alpha value is -4.14. The summed E-state index contributed by atoms with van der Waals surface area (Å²) < 4.78 is 2.10. The summed E-state index contributed by atoms with van der Waals surface area (Å²) in [5.41, 5.74) is 3.03. The number of fused-ring (bicyclic) bond motifs is 1. The lowest BCUT2D eigenvalue weighted by Crippen LogP contribution is -2.29. The van der Waals surface area contributed by atoms with E-state index in [1.54, 1.807) is 12.4 Å². The van der Waals surface area contributed by atoms with Crippen molar-refractivity contribution in [3.05, 3.63) is 72.7 Å². The molecule has 2 aromatic heterocycles. The number of aromatic nitrogens is 2. The van der Waals surface area contributed by atoms with Gasteiger partial charge in [-0.3, -0.25) is 14.7 Å². The number of anilines is 1. The van der Waals surface area contributed by atoms with Crippen molar-refractivity contribution in [1.82, 2.24) is 9.66 Å². The number of hydrogen-bond donors (Lipinski definition) is 3. The minimum atomic E-state index is -1.26. The van der Waals surface area contributed by atoms with E-state index in [1.165, 1.54) is 6.21 Å². The molecule has 3 rings (SSSR count). The van der Waals surface area contributed by atoms with Crippen LogP contribution in [0.2, 0.25) is 0 Å². The minimum Gasteiger partial charge on any atom is -0.478 e. The number of rotatable bonds is 7. The van der Waals surface area contributed by atoms with Crippen LogP contribution in [0.15, 0.2) is 72.3 Å². The first kappa shape index (κ1) is 22.2. The number of nitrogens with zero attached hydrogens (tertiary/aromatic N) is 4. The molecule has 0 spiro atoms. The second kappa shape index (κ2) is 11.0. The summed E-state index contributed by atoms with van der Waals surface area (Å²) in [6, 6.07) is 12.1. The van der Waals surface area contributed by atoms with Gasteiger partial charge < -0.3 is 15.4 Å². The van der Waals surface area contributed by atoms with Crippen LogP contribution in [0.4, 0.5) is 5.69 Å². The molecule has 0 saturated carbocycles. The molecule has 0 atom stereocenters. The van der Waals surface area contributed by atoms with Crippen molar-refractivity contribution in [3.8, 4) is 0 Å². The molecule has 9 heteroatoms. The lowest BCUT2D eigenvalue weighted by molar-refractivity contribution is -0.134. The van der Waals surface area contributed by atoms with Gasteiger partial charge in [-0.25, -0.2) is 9.59 Å². The van der Waals surface area contributed by atoms with Gasteiger partial charge in [0.05, 0.1) is 17.4 Å². The third-order valence-corrected chi connectivity index (χ3v) is 3.94. The topological polar surface area (TPSA) is 128 Å². The summed E-state index contributed by atoms with van der Waals surface area (Å²) in [5, 5.41) is 30.9. The Kier molecular flexibility index (Phi) is 8.13. The Morgan fingerprint density at radius 3 is 2.30 bits per heavy atom. The summed E-state index contributed by atoms with van der Waals surface area (Å²) in [6.07, 6.45) is 9.17. The van der Waals surface area contributed by atoms with E-state index >= 15 is 0 Å². The number of carboxylic acids is 2. The fraction of sp³-hybridized carbons (Fsp3) is 0.143. The summed E-state index contributed by atoms with van der Waals surface area (Å²) >= 11 is 0. The molecule has 0 amide bonds. The highest BCUT2D eigenvalue weighted by molar-refractivity contribution is 5.99. The molecule has 30 heavy (non-hydrogen) atoms. The predicted octanol–water partition coefficient (Wildman–Crippen LogP) is 3.24. The van der Waals surface area contributed by atoms with Crippen molar-refractivity contribution in [2.45, 2.75) is 13.3 Å². The molecule has 0 saturated heterocycles. The van der Waals surface area contributed by atoms with Gasteiger partial charge in [-0.05, 0) is 24.6 Å². The number of hydrogen-bond acceptors (Lipinski definition) is 6. The van der Waals surface area contributed by atoms with Crippen LogP contribution < -0.4 is 5.01 Å². The van der Waals surface area contributed by atoms with Crippen LogP contribution in [-0.4, -0.2) is 49.8 Å². The van der Waals surface area contributed by atoms with Gasteiger partial charge in [0.1, 0.15) is 0 Å². The van der Waals surface area contributed by atoms with E-state index in [2.05, 4.69) is 32.8 Å². The maximum atomic E-state index is 9.55. The van der Waals surface area contributed by atoms with Crippen LogP contribution in [0.1, 0.15) is 18.9 Å². The molecule has 0 unspecified atom stereocenters. The summed E-state index contributed by atoms with van der Waals surface area (Å²) in [6.45, 7) is 3.02. The summed E-state index contributed by atoms with van der Waals surface area (Å²) in [5.74, 6) is -2.51. The number of oxime groups is 1. The Labute approximate surface area is 172 Å². The largest absolute Gasteiger partial charge is 0.478 e. The highest BCUT2D eigenvalue weighted by atomic mass is 16.4. The fourth-order valence-corrected chi connectivity index (χ4v) is 2.78. The van der Waals surface area contributed by atoms with E-state index < -0.39 is 11.9 Å². The Bertz CT molecular complexity index is 1030. The summed E-state index contributed by atoms with van der Waals surface area (Å²) in [4.78, 5) is 23.2. The molecule has 0 aliphatic carbocycles. The molecular formula is C21H22N4O5. The number of benzene rings is 1. The zero-order valence-electron chi connectivity index (χ0n) is 16.3. The van der Waals surface area contributed by atoms with Gasteiger partial charge in [-0.15, -0.1) is 0 Å². The van der Waals surface area contributed by atoms with E-state index in [0.29, 0.717) is 12.2 Å². The van der Waals surface area contributed by atoms with Crippen molar-refractivity contribution in [2.24, 2.45) is 5.16 Å². The monoisotopic (exact) mass is 410 g/mol. The van der Waals surface area contributed by atoms with Crippen LogP contribution in [0, 0.1) is 0 Å². The van der Waals surface area contributed by atoms with E-state index in [1.807, 2.05) is 36.5 Å². The van der Waals surface area contributed by atoms with Crippen LogP contribution >= 0.6 is 0 Å². The second-order valence-corrected chi connectivity index (χ2v) is 6.03. The molecule has 0 aliphatic heterocycles. The molecule has 3 aromatic rings. The van der Waals surface area contributed by atoms with E-state index in [-0.39, 0.29) is 0 Å². The lowest BCUT2D eigenvalue weighted by atomic mass is 10.2. The summed E-state index contributed by atoms with van der Waals surface area (Å²) in [7, 11) is 0. The SMILES string of the molecule is CCCN(c1ccncc1)n1cc(C=NO)c2ccccc21.O=C(O)/C=C\C(=O)O. The maximum absolute atomic E-state index is 9.55. The lowest BCUT2D eigenvalue weighted by Gasteiger charge is -2.26. The average Bonchev–Trinajstić information content (AvgIpc) is 3.10. The van der Waals surface area contributed by atoms with Crippen LogP contribution in [0.3, 0.4) is 0 Å². The van der Waals surface area contributed by atoms with Gasteiger partial charge in [0.25, 0.3) is 0 Å². The third-order valence-electron chi connectivity index (χ3n) is 3.94. The van der Waals surface area contributed by atoms with E-state index in [0.717, 1.165) is 35.1 Å². The predicted molar refractivity (Wildman–Crippen MR) is 113 cm³/mol. The van der Waals surface area contributed by atoms with Gasteiger partial charge in [-0.2, -0.15) is 0 Å². The van der Waals surface area contributed by atoms with E-state index in [4.69, 9.17) is 15.4 Å². The van der Waals surface area contributed by atoms with Gasteiger partial charge >= 0.3 is 11.9 Å². The van der Waals surface area contributed by atoms with Crippen molar-refractivity contribution in [3.63, 3.8) is 0 Å². The molecule has 2 heterocycles. The molecule has 3 N–H and O–H groups in total. The first-order valence-electron chi connectivity index (χ1n) is 9.07. The molecule has 0 bridgehead atoms. The molecule has 9 nitrogen and oxygen atoms in total. The number of carboxylic acid groups (broad SMARTS) is 2. The van der Waals surface area contributed by atoms with Crippen LogP contribution in [0.5, 0.6) is 0 Å². The zero-order chi connectivity index (χ0) is 21.9. The van der Waals surface area contributed by atoms with Crippen molar-refractivity contribution in [2.75, 3.05) is 11.6 Å². The van der Waals surface area contributed by atoms with Crippen LogP contribution in [-0.2, 0) is 9.59 Å². The van der Waals surface area contributed by atoms with Crippen molar-refractivity contribution < 1.29 is 25.0 Å². The number of aliphatic carboxylic acids is 2. The molecule has 0 aliphatic rings. The number of para-hydroxylation sites is 1. The first-order valence-corrected chi connectivity index (χ1v) is 9.07. The number of pyridine rings is 1. The van der Waals surface area contributed by atoms with E-state index in [9.17, 15) is 9.59 Å². The standard InChI is InChI=1S/C17H18N4O.C4H4O4/c1-2-11-20(15-7-9-18-10-8-15)21-13-14(12-19-22)16-5-3-4-6-17(16)21;5-3(6)1-2-4(7)8/h3-10,12-13,22H,2,11H2,1H3;1-2H,(H,5,6)(H,7,8)/b;2-1-. The maximum Gasteiger partial charge on any atom is 0.328 e. The molecule has 156 valence electrons. The second-order valence-electron chi connectivity index (χ2n) is 6.03. The minimum absolute atomic E-state index is 0.558. The van der Waals surface area contributed by atoms with Crippen LogP contribution in [0.25, 0.3) is 10.9 Å². The molecule has 0 fully saturated rings. The third kappa shape index (κ3) is 5.93. The first-order chi connectivity index (χ1) is 14.5. The smallest absolute Gasteiger partial charge is 0.328 e. The molecule has 1 aromatic carbocycles. The average molecular weight is 410 g/mol. The zero-order valence-corrected chi connectivity index (χ0v) is 16.3. The van der Waals surface area contributed by atoms with Gasteiger partial charge in [0, 0.05) is 48.2 Å². The highest BCUT2D eigenvalue weighted by Gasteiger charge is 2.13. The van der Waals surface area contributed by atoms with Gasteiger partial charge in [0.2, 0.25) is 0 Å². The normalized spacial score (nSPS) is 10.8. The Morgan fingerprint density at radius 2 is 1.73 bits per heavy atom. The van der Waals surface area contributed by atoms with Crippen molar-refractivity contribution in [1.29, 1.82) is 0 Å². The molecular weight excluding hydrogens is 388 g/mol. The Morgan fingerprint density at radius 1 is 1.10 bits per heavy atom. The highest BCUT2D eigenvalue weighted by Crippen LogP contribution is 2.24. The quantitative estimate of drug-likeness (QED) is 0.236. The number of carbonyl (C=O) groups is 2.